The van der Waals surface area contributed by atoms with Crippen LogP contribution in [0.4, 0.5) is 0 Å². The normalized spacial score (nSPS) is 28.9. The second-order valence-electron chi connectivity index (χ2n) is 11.8. The van der Waals surface area contributed by atoms with Crippen LogP contribution in [0.25, 0.3) is 0 Å². The average Bonchev–Trinajstić information content (AvgIpc) is 3.30. The van der Waals surface area contributed by atoms with E-state index in [2.05, 4.69) is 16.0 Å². The van der Waals surface area contributed by atoms with Crippen LogP contribution in [0.1, 0.15) is 53.4 Å². The van der Waals surface area contributed by atoms with Crippen LogP contribution >= 0.6 is 18.9 Å². The highest BCUT2D eigenvalue weighted by Gasteiger charge is 2.51. The number of esters is 3. The lowest BCUT2D eigenvalue weighted by atomic mass is 9.82. The molecular weight excluding hydrogens is 720 g/mol. The first kappa shape index (κ1) is 44.2. The molecule has 0 bridgehead atoms. The van der Waals surface area contributed by atoms with Gasteiger partial charge in [-0.25, -0.2) is 0 Å². The van der Waals surface area contributed by atoms with Crippen molar-refractivity contribution in [1.29, 1.82) is 0 Å². The largest absolute Gasteiger partial charge is 0.463 e. The molecule has 286 valence electrons. The predicted molar refractivity (Wildman–Crippen MR) is 188 cm³/mol. The molecule has 2 aliphatic heterocycles. The van der Waals surface area contributed by atoms with E-state index in [1.807, 2.05) is 7.85 Å². The minimum atomic E-state index is -3.40. The molecule has 1 amide bonds. The lowest BCUT2D eigenvalue weighted by Crippen LogP contribution is -2.66. The molecule has 0 aromatic rings. The number of hydrogen-bond acceptors (Lipinski definition) is 15. The predicted octanol–water partition coefficient (Wildman–Crippen LogP) is -0.447. The van der Waals surface area contributed by atoms with Crippen LogP contribution in [0.3, 0.4) is 0 Å². The Hall–Kier alpha value is -2.00. The van der Waals surface area contributed by atoms with Gasteiger partial charge in [-0.3, -0.25) is 19.2 Å². The van der Waals surface area contributed by atoms with E-state index in [4.69, 9.17) is 66.2 Å². The molecule has 2 heterocycles. The number of thiocarbonyl (C=S) groups is 1. The summed E-state index contributed by atoms with van der Waals surface area (Å²) in [6.07, 6.45) is -2.69. The molecular formula is C29H51BN3O14PS2. The lowest BCUT2D eigenvalue weighted by molar-refractivity contribution is -0.277. The number of ether oxygens (including phenoxy) is 7. The maximum absolute atomic E-state index is 12.1. The number of amides is 1. The van der Waals surface area contributed by atoms with Gasteiger partial charge in [0, 0.05) is 73.5 Å². The Morgan fingerprint density at radius 3 is 2.06 bits per heavy atom. The Morgan fingerprint density at radius 2 is 1.48 bits per heavy atom. The van der Waals surface area contributed by atoms with E-state index >= 15 is 0 Å². The van der Waals surface area contributed by atoms with E-state index in [0.717, 1.165) is 12.8 Å². The topological polar surface area (TPSA) is 208 Å². The minimum absolute atomic E-state index is 0.0321. The molecule has 0 aliphatic carbocycles. The van der Waals surface area contributed by atoms with Crippen LogP contribution in [0.2, 0.25) is 0 Å². The molecule has 2 rings (SSSR count). The third-order valence-corrected chi connectivity index (χ3v) is 9.77. The Kier molecular flexibility index (Phi) is 19.6. The molecule has 0 saturated carbocycles. The van der Waals surface area contributed by atoms with E-state index in [0.29, 0.717) is 37.7 Å². The molecule has 21 heteroatoms. The third-order valence-electron chi connectivity index (χ3n) is 7.81. The summed E-state index contributed by atoms with van der Waals surface area (Å²) in [5.74, 6) is -2.46. The van der Waals surface area contributed by atoms with Crippen molar-refractivity contribution in [2.45, 2.75) is 102 Å². The monoisotopic (exact) mass is 771 g/mol. The smallest absolute Gasteiger partial charge is 0.324 e. The number of carbonyl (C=O) groups is 4. The molecule has 4 N–H and O–H groups in total. The second kappa shape index (κ2) is 22.2. The summed E-state index contributed by atoms with van der Waals surface area (Å²) in [6.45, 7) is 2.74. The number of nitrogens with one attached hydrogen (secondary N) is 3. The second-order valence-corrected chi connectivity index (χ2v) is 15.1. The fraction of sp³-hybridized carbons (Fsp3) is 0.828. The maximum atomic E-state index is 12.1. The summed E-state index contributed by atoms with van der Waals surface area (Å²) in [6, 6.07) is -1.16. The summed E-state index contributed by atoms with van der Waals surface area (Å²) in [5.41, 5.74) is 0. The first-order chi connectivity index (χ1) is 23.6. The number of hydrogen-bond donors (Lipinski definition) is 4. The molecule has 2 fully saturated rings. The summed E-state index contributed by atoms with van der Waals surface area (Å²) >= 11 is 10.5. The quantitative estimate of drug-likeness (QED) is 0.0309. The van der Waals surface area contributed by atoms with E-state index in [1.165, 1.54) is 34.8 Å². The van der Waals surface area contributed by atoms with Crippen molar-refractivity contribution in [3.05, 3.63) is 0 Å². The third kappa shape index (κ3) is 15.3. The molecule has 17 nitrogen and oxygen atoms in total. The highest BCUT2D eigenvalue weighted by Crippen LogP contribution is 2.48. The molecule has 0 aromatic heterocycles. The van der Waals surface area contributed by atoms with Crippen LogP contribution < -0.4 is 16.0 Å². The van der Waals surface area contributed by atoms with E-state index in [9.17, 15) is 24.1 Å². The van der Waals surface area contributed by atoms with E-state index in [1.54, 1.807) is 7.11 Å². The van der Waals surface area contributed by atoms with Crippen molar-refractivity contribution < 1.29 is 66.3 Å². The van der Waals surface area contributed by atoms with Gasteiger partial charge in [-0.05, 0) is 49.7 Å². The van der Waals surface area contributed by atoms with Gasteiger partial charge in [0.25, 0.3) is 0 Å². The zero-order chi connectivity index (χ0) is 37.4. The minimum Gasteiger partial charge on any atom is -0.463 e. The highest BCUT2D eigenvalue weighted by molar-refractivity contribution is 8.07. The highest BCUT2D eigenvalue weighted by atomic mass is 32.5. The van der Waals surface area contributed by atoms with E-state index < -0.39 is 67.3 Å². The van der Waals surface area contributed by atoms with Gasteiger partial charge in [0.1, 0.15) is 38.8 Å². The van der Waals surface area contributed by atoms with E-state index in [-0.39, 0.29) is 31.2 Å². The van der Waals surface area contributed by atoms with Crippen molar-refractivity contribution in [2.75, 3.05) is 47.1 Å². The molecule has 2 aliphatic rings. The van der Waals surface area contributed by atoms with Crippen LogP contribution in [0.5, 0.6) is 0 Å². The Bertz CT molecular complexity index is 1190. The van der Waals surface area contributed by atoms with Gasteiger partial charge in [-0.2, -0.15) is 0 Å². The lowest BCUT2D eigenvalue weighted by Gasteiger charge is -2.44. The number of rotatable bonds is 20. The Morgan fingerprint density at radius 1 is 0.860 bits per heavy atom. The first-order valence-corrected chi connectivity index (χ1v) is 19.3. The van der Waals surface area contributed by atoms with Gasteiger partial charge in [0.05, 0.1) is 6.61 Å². The van der Waals surface area contributed by atoms with Gasteiger partial charge >= 0.3 is 24.6 Å². The van der Waals surface area contributed by atoms with Crippen LogP contribution in [-0.2, 0) is 73.2 Å². The summed E-state index contributed by atoms with van der Waals surface area (Å²) in [5, 5.41) is 9.48. The molecule has 0 spiro atoms. The van der Waals surface area contributed by atoms with Crippen molar-refractivity contribution >= 4 is 67.5 Å². The molecule has 50 heavy (non-hydrogen) atoms. The van der Waals surface area contributed by atoms with Crippen molar-refractivity contribution in [3.63, 3.8) is 0 Å². The molecule has 2 saturated heterocycles. The molecule has 0 aromatic carbocycles. The number of carbonyl (C=O) groups excluding carboxylic acids is 4. The number of methoxy groups -OCH3 is 1. The van der Waals surface area contributed by atoms with Gasteiger partial charge in [0.15, 0.2) is 23.6 Å². The number of unbranched alkanes of at least 4 members (excludes halogenated alkanes) is 1. The Labute approximate surface area is 304 Å². The summed E-state index contributed by atoms with van der Waals surface area (Å²) in [7, 11) is 4.84. The first-order valence-electron chi connectivity index (χ1n) is 16.3. The van der Waals surface area contributed by atoms with Crippen LogP contribution in [0.15, 0.2) is 0 Å². The molecule has 10 atom stereocenters. The van der Waals surface area contributed by atoms with Gasteiger partial charge in [0.2, 0.25) is 5.91 Å². The Balaban J connectivity index is 1.85. The standard InChI is InChI=1S/C29H51BN3O14PS2/c1-16(34)33-23-26(44-19(4)37)25(43-18(3)36)22(15-42-17(2)35)46-28(23)41-13-8-7-11-31-29(49)32-12-9-10-20-24(47-48(38,50)40-6)21(14-39-5)45-27(20)30/h20-28H,7-15,30H2,1-6H3,(H,33,34)(H,38,50)(H2,31,32,49)/t20?,21-,22-,23-,24-,25+,26-,27-,28-,48?/m1/s1. The van der Waals surface area contributed by atoms with Crippen molar-refractivity contribution in [2.24, 2.45) is 5.92 Å². The zero-order valence-electron chi connectivity index (χ0n) is 29.6. The SMILES string of the molecule is B[C@@H]1O[C@H](COC)[C@H](OP(O)(=S)OC)C1CCCNC(=S)NCCCCO[C@@H]1O[C@H](COC(C)=O)[C@H](OC(C)=O)[C@H](OC(C)=O)[C@H]1NC(C)=O. The van der Waals surface area contributed by atoms with Crippen LogP contribution in [-0.4, -0.2) is 138 Å². The van der Waals surface area contributed by atoms with Gasteiger partial charge < -0.3 is 63.0 Å². The average molecular weight is 772 g/mol. The fourth-order valence-electron chi connectivity index (χ4n) is 5.70. The zero-order valence-corrected chi connectivity index (χ0v) is 32.1. The fourth-order valence-corrected chi connectivity index (χ4v) is 6.89. The van der Waals surface area contributed by atoms with Crippen molar-refractivity contribution in [3.8, 4) is 0 Å². The van der Waals surface area contributed by atoms with Gasteiger partial charge in [-0.15, -0.1) is 0 Å². The molecule has 0 radical (unpaired) electrons. The summed E-state index contributed by atoms with van der Waals surface area (Å²) in [4.78, 5) is 57.8. The molecule has 2 unspecified atom stereocenters. The van der Waals surface area contributed by atoms with Crippen LogP contribution in [0, 0.1) is 5.92 Å². The maximum Gasteiger partial charge on any atom is 0.324 e. The van der Waals surface area contributed by atoms with Gasteiger partial charge in [-0.1, -0.05) is 0 Å². The summed E-state index contributed by atoms with van der Waals surface area (Å²) < 4.78 is 50.0. The van der Waals surface area contributed by atoms with Crippen molar-refractivity contribution in [1.82, 2.24) is 16.0 Å².